The molecular weight excluding hydrogens is 104 g/mol. The summed E-state index contributed by atoms with van der Waals surface area (Å²) in [5.41, 5.74) is -0.153. The van der Waals surface area contributed by atoms with E-state index in [2.05, 4.69) is 10.6 Å². The maximum absolute atomic E-state index is 9.08. The van der Waals surface area contributed by atoms with Crippen LogP contribution in [0.2, 0.25) is 0 Å². The van der Waals surface area contributed by atoms with Gasteiger partial charge in [0, 0.05) is 6.67 Å². The quantitative estimate of drug-likeness (QED) is 0.389. The minimum atomic E-state index is -0.400. The molecule has 0 radical (unpaired) electrons. The Kier molecular flexibility index (Phi) is 1.27. The summed E-state index contributed by atoms with van der Waals surface area (Å²) < 4.78 is 0. The molecule has 3 nitrogen and oxygen atoms in total. The van der Waals surface area contributed by atoms with Crippen molar-refractivity contribution in [2.45, 2.75) is 25.6 Å². The Balaban J connectivity index is 2.54. The zero-order chi connectivity index (χ0) is 6.20. The highest BCUT2D eigenvalue weighted by Gasteiger charge is 2.31. The molecule has 1 heterocycles. The van der Waals surface area contributed by atoms with Crippen LogP contribution in [0.5, 0.6) is 0 Å². The van der Waals surface area contributed by atoms with Crippen molar-refractivity contribution in [3.63, 3.8) is 0 Å². The van der Waals surface area contributed by atoms with Crippen LogP contribution in [0.1, 0.15) is 13.8 Å². The number of aliphatic hydroxyl groups is 1. The minimum absolute atomic E-state index is 0.153. The average Bonchev–Trinajstić information content (AvgIpc) is 1.86. The Morgan fingerprint density at radius 1 is 1.62 bits per heavy atom. The van der Waals surface area contributed by atoms with E-state index in [0.29, 0.717) is 6.67 Å². The van der Waals surface area contributed by atoms with Gasteiger partial charge in [0.25, 0.3) is 0 Å². The first kappa shape index (κ1) is 6.01. The van der Waals surface area contributed by atoms with Gasteiger partial charge in [-0.3, -0.25) is 10.6 Å². The van der Waals surface area contributed by atoms with Gasteiger partial charge < -0.3 is 5.11 Å². The van der Waals surface area contributed by atoms with Crippen molar-refractivity contribution in [2.24, 2.45) is 0 Å². The molecule has 0 bridgehead atoms. The molecular formula is C5H12N2O. The second-order valence-electron chi connectivity index (χ2n) is 2.68. The van der Waals surface area contributed by atoms with Crippen molar-refractivity contribution in [2.75, 3.05) is 6.67 Å². The molecule has 8 heavy (non-hydrogen) atoms. The Morgan fingerprint density at radius 2 is 2.25 bits per heavy atom. The van der Waals surface area contributed by atoms with Crippen molar-refractivity contribution in [3.8, 4) is 0 Å². The Bertz CT molecular complexity index is 92.4. The summed E-state index contributed by atoms with van der Waals surface area (Å²) >= 11 is 0. The van der Waals surface area contributed by atoms with Crippen LogP contribution in [0, 0.1) is 0 Å². The SMILES string of the molecule is CC1(C)NCNC1O. The van der Waals surface area contributed by atoms with E-state index in [9.17, 15) is 0 Å². The van der Waals surface area contributed by atoms with Crippen LogP contribution in [0.4, 0.5) is 0 Å². The standard InChI is InChI=1S/C5H12N2O/c1-5(2)4(8)6-3-7-5/h4,6-8H,3H2,1-2H3. The lowest BCUT2D eigenvalue weighted by molar-refractivity contribution is 0.100. The van der Waals surface area contributed by atoms with Crippen molar-refractivity contribution >= 4 is 0 Å². The molecule has 1 saturated heterocycles. The molecule has 0 spiro atoms. The van der Waals surface area contributed by atoms with Gasteiger partial charge >= 0.3 is 0 Å². The summed E-state index contributed by atoms with van der Waals surface area (Å²) in [5, 5.41) is 15.0. The smallest absolute Gasteiger partial charge is 0.123 e. The summed E-state index contributed by atoms with van der Waals surface area (Å²) in [7, 11) is 0. The van der Waals surface area contributed by atoms with Crippen LogP contribution in [0.15, 0.2) is 0 Å². The van der Waals surface area contributed by atoms with Crippen LogP contribution < -0.4 is 10.6 Å². The van der Waals surface area contributed by atoms with E-state index in [1.54, 1.807) is 0 Å². The minimum Gasteiger partial charge on any atom is -0.377 e. The lowest BCUT2D eigenvalue weighted by Crippen LogP contribution is -2.43. The molecule has 48 valence electrons. The molecule has 0 saturated carbocycles. The Hall–Kier alpha value is -0.120. The summed E-state index contributed by atoms with van der Waals surface area (Å²) in [6, 6.07) is 0. The van der Waals surface area contributed by atoms with Crippen molar-refractivity contribution in [1.82, 2.24) is 10.6 Å². The predicted molar refractivity (Wildman–Crippen MR) is 31.2 cm³/mol. The van der Waals surface area contributed by atoms with Crippen LogP contribution in [-0.2, 0) is 0 Å². The second-order valence-corrected chi connectivity index (χ2v) is 2.68. The molecule has 3 N–H and O–H groups in total. The van der Waals surface area contributed by atoms with E-state index in [-0.39, 0.29) is 5.54 Å². The van der Waals surface area contributed by atoms with Gasteiger partial charge in [-0.15, -0.1) is 0 Å². The van der Waals surface area contributed by atoms with E-state index in [1.165, 1.54) is 0 Å². The zero-order valence-corrected chi connectivity index (χ0v) is 5.23. The summed E-state index contributed by atoms with van der Waals surface area (Å²) in [5.74, 6) is 0. The molecule has 1 aliphatic rings. The molecule has 0 aliphatic carbocycles. The van der Waals surface area contributed by atoms with E-state index in [4.69, 9.17) is 5.11 Å². The topological polar surface area (TPSA) is 44.3 Å². The van der Waals surface area contributed by atoms with E-state index >= 15 is 0 Å². The first-order chi connectivity index (χ1) is 3.63. The lowest BCUT2D eigenvalue weighted by atomic mass is 10.1. The maximum atomic E-state index is 9.08. The largest absolute Gasteiger partial charge is 0.377 e. The van der Waals surface area contributed by atoms with Crippen molar-refractivity contribution < 1.29 is 5.11 Å². The van der Waals surface area contributed by atoms with Gasteiger partial charge in [-0.05, 0) is 13.8 Å². The number of rotatable bonds is 0. The van der Waals surface area contributed by atoms with Gasteiger partial charge in [0.05, 0.1) is 5.54 Å². The molecule has 1 atom stereocenters. The number of hydrogen-bond donors (Lipinski definition) is 3. The Morgan fingerprint density at radius 3 is 2.38 bits per heavy atom. The van der Waals surface area contributed by atoms with Gasteiger partial charge in [-0.25, -0.2) is 0 Å². The van der Waals surface area contributed by atoms with Crippen LogP contribution in [0.3, 0.4) is 0 Å². The number of nitrogens with one attached hydrogen (secondary N) is 2. The molecule has 0 aromatic rings. The van der Waals surface area contributed by atoms with Crippen LogP contribution in [-0.4, -0.2) is 23.5 Å². The molecule has 0 aromatic carbocycles. The molecule has 1 fully saturated rings. The molecule has 3 heteroatoms. The van der Waals surface area contributed by atoms with Gasteiger partial charge in [0.1, 0.15) is 6.23 Å². The molecule has 1 aliphatic heterocycles. The maximum Gasteiger partial charge on any atom is 0.123 e. The first-order valence-corrected chi connectivity index (χ1v) is 2.79. The average molecular weight is 116 g/mol. The molecule has 0 amide bonds. The lowest BCUT2D eigenvalue weighted by Gasteiger charge is -2.20. The van der Waals surface area contributed by atoms with E-state index in [0.717, 1.165) is 0 Å². The van der Waals surface area contributed by atoms with Gasteiger partial charge in [-0.2, -0.15) is 0 Å². The number of aliphatic hydroxyl groups excluding tert-OH is 1. The highest BCUT2D eigenvalue weighted by atomic mass is 16.3. The third-order valence-electron chi connectivity index (χ3n) is 1.52. The van der Waals surface area contributed by atoms with Gasteiger partial charge in [-0.1, -0.05) is 0 Å². The zero-order valence-electron chi connectivity index (χ0n) is 5.23. The molecule has 1 unspecified atom stereocenters. The summed E-state index contributed by atoms with van der Waals surface area (Å²) in [6.07, 6.45) is -0.400. The van der Waals surface area contributed by atoms with E-state index in [1.807, 2.05) is 13.8 Å². The third kappa shape index (κ3) is 0.844. The molecule has 1 rings (SSSR count). The summed E-state index contributed by atoms with van der Waals surface area (Å²) in [4.78, 5) is 0. The monoisotopic (exact) mass is 116 g/mol. The fourth-order valence-corrected chi connectivity index (χ4v) is 0.727. The normalized spacial score (nSPS) is 35.6. The van der Waals surface area contributed by atoms with Crippen molar-refractivity contribution in [3.05, 3.63) is 0 Å². The first-order valence-electron chi connectivity index (χ1n) is 2.79. The fourth-order valence-electron chi connectivity index (χ4n) is 0.727. The highest BCUT2D eigenvalue weighted by molar-refractivity contribution is 4.88. The van der Waals surface area contributed by atoms with Gasteiger partial charge in [0.15, 0.2) is 0 Å². The van der Waals surface area contributed by atoms with Crippen LogP contribution in [0.25, 0.3) is 0 Å². The fraction of sp³-hybridized carbons (Fsp3) is 1.00. The predicted octanol–water partition coefficient (Wildman–Crippen LogP) is -0.766. The van der Waals surface area contributed by atoms with Crippen molar-refractivity contribution in [1.29, 1.82) is 0 Å². The van der Waals surface area contributed by atoms with Gasteiger partial charge in [0.2, 0.25) is 0 Å². The second kappa shape index (κ2) is 1.69. The highest BCUT2D eigenvalue weighted by Crippen LogP contribution is 2.09. The summed E-state index contributed by atoms with van der Waals surface area (Å²) in [6.45, 7) is 4.61. The van der Waals surface area contributed by atoms with Crippen LogP contribution >= 0.6 is 0 Å². The number of hydrogen-bond acceptors (Lipinski definition) is 3. The van der Waals surface area contributed by atoms with E-state index < -0.39 is 6.23 Å². The third-order valence-corrected chi connectivity index (χ3v) is 1.52. The molecule has 0 aromatic heterocycles. The Labute approximate surface area is 49.1 Å².